The molecule has 0 saturated heterocycles. The number of nitrogens with zero attached hydrogens (tertiary/aromatic N) is 5. The fraction of sp³-hybridized carbons (Fsp3) is 0.211. The van der Waals surface area contributed by atoms with Crippen LogP contribution in [0.5, 0.6) is 0 Å². The lowest BCUT2D eigenvalue weighted by molar-refractivity contribution is -0.138. The molecular formula is C38H48Cl4N12O8S3. The summed E-state index contributed by atoms with van der Waals surface area (Å²) < 4.78 is 80.3. The molecule has 20 nitrogen and oxygen atoms in total. The highest BCUT2D eigenvalue weighted by Crippen LogP contribution is 2.33. The number of halogens is 4. The van der Waals surface area contributed by atoms with E-state index in [2.05, 4.69) is 34.4 Å². The Morgan fingerprint density at radius 3 is 1.22 bits per heavy atom. The second-order valence-corrected chi connectivity index (χ2v) is 20.9. The number of guanidine groups is 2. The number of pyridine rings is 3. The van der Waals surface area contributed by atoms with E-state index in [1.54, 1.807) is 39.8 Å². The van der Waals surface area contributed by atoms with Crippen molar-refractivity contribution >= 4 is 138 Å². The number of carbonyl (C=O) groups is 1. The van der Waals surface area contributed by atoms with Gasteiger partial charge in [0.2, 0.25) is 30.1 Å². The number of benzene rings is 3. The van der Waals surface area contributed by atoms with E-state index in [-0.39, 0.29) is 64.8 Å². The Balaban J connectivity index is 0.000000502. The summed E-state index contributed by atoms with van der Waals surface area (Å²) in [4.78, 5) is 30.5. The summed E-state index contributed by atoms with van der Waals surface area (Å²) >= 11 is 24.1. The Morgan fingerprint density at radius 1 is 0.554 bits per heavy atom. The Kier molecular flexibility index (Phi) is 17.3. The van der Waals surface area contributed by atoms with E-state index in [9.17, 15) is 30.0 Å². The fourth-order valence-electron chi connectivity index (χ4n) is 5.53. The Morgan fingerprint density at radius 2 is 0.877 bits per heavy atom. The van der Waals surface area contributed by atoms with Gasteiger partial charge in [0, 0.05) is 67.3 Å². The van der Waals surface area contributed by atoms with E-state index in [0.29, 0.717) is 42.4 Å². The maximum Gasteiger partial charge on any atom is 0.321 e. The van der Waals surface area contributed by atoms with E-state index < -0.39 is 42.1 Å². The Bertz CT molecular complexity index is 3210. The molecule has 6 aromatic rings. The quantitative estimate of drug-likeness (QED) is 0.0396. The summed E-state index contributed by atoms with van der Waals surface area (Å²) in [5, 5.41) is 13.2. The number of nitrogens with two attached hydrogens (primary N) is 4. The molecule has 3 heterocycles. The van der Waals surface area contributed by atoms with Crippen LogP contribution in [0.1, 0.15) is 38.9 Å². The molecule has 0 amide bonds. The summed E-state index contributed by atoms with van der Waals surface area (Å²) in [6.07, 6.45) is 4.18. The highest BCUT2D eigenvalue weighted by Gasteiger charge is 2.23. The minimum Gasteiger partial charge on any atom is -0.480 e. The monoisotopic (exact) mass is 1040 g/mol. The second kappa shape index (κ2) is 21.4. The van der Waals surface area contributed by atoms with Gasteiger partial charge in [-0.25, -0.2) is 49.6 Å². The van der Waals surface area contributed by atoms with Crippen LogP contribution in [0.3, 0.4) is 0 Å². The van der Waals surface area contributed by atoms with Crippen molar-refractivity contribution in [1.82, 2.24) is 29.1 Å². The molecule has 0 aliphatic heterocycles. The predicted octanol–water partition coefficient (Wildman–Crippen LogP) is 5.99. The van der Waals surface area contributed by atoms with Crippen molar-refractivity contribution in [2.24, 2.45) is 32.9 Å². The number of hydrogen-bond donors (Lipinski definition) is 8. The van der Waals surface area contributed by atoms with Gasteiger partial charge in [0.25, 0.3) is 0 Å². The Labute approximate surface area is 398 Å². The van der Waals surface area contributed by atoms with Crippen molar-refractivity contribution < 1.29 is 39.4 Å². The lowest BCUT2D eigenvalue weighted by Gasteiger charge is -2.11. The first kappa shape index (κ1) is 52.4. The van der Waals surface area contributed by atoms with E-state index >= 15 is 0 Å². The number of aliphatic imine (C=N–C) groups is 2. The molecule has 1 atom stereocenters. The largest absolute Gasteiger partial charge is 0.480 e. The van der Waals surface area contributed by atoms with Gasteiger partial charge in [0.15, 0.2) is 23.6 Å². The topological polar surface area (TPSA) is 343 Å². The summed E-state index contributed by atoms with van der Waals surface area (Å²) in [6, 6.07) is 11.4. The maximum atomic E-state index is 12.3. The molecular weight excluding hydrogens is 991 g/mol. The number of sulfonamides is 3. The Hall–Kier alpha value is -5.21. The second-order valence-electron chi connectivity index (χ2n) is 14.2. The first-order chi connectivity index (χ1) is 30.1. The molecule has 0 radical (unpaired) electrons. The van der Waals surface area contributed by atoms with Crippen LogP contribution in [-0.2, 0) is 34.9 Å². The molecule has 3 aromatic heterocycles. The van der Waals surface area contributed by atoms with Crippen molar-refractivity contribution in [1.29, 1.82) is 0 Å². The molecule has 65 heavy (non-hydrogen) atoms. The van der Waals surface area contributed by atoms with Crippen LogP contribution in [0.4, 0.5) is 11.6 Å². The summed E-state index contributed by atoms with van der Waals surface area (Å²) in [5.74, 6) is -1.43. The normalized spacial score (nSPS) is 12.3. The van der Waals surface area contributed by atoms with Gasteiger partial charge in [-0.3, -0.25) is 4.79 Å². The predicted molar refractivity (Wildman–Crippen MR) is 261 cm³/mol. The number of carboxylic acids is 1. The molecule has 0 aliphatic rings. The zero-order valence-electron chi connectivity index (χ0n) is 34.7. The van der Waals surface area contributed by atoms with Crippen molar-refractivity contribution in [2.75, 3.05) is 0 Å². The average Bonchev–Trinajstić information content (AvgIpc) is 3.20. The molecule has 0 bridgehead atoms. The van der Waals surface area contributed by atoms with Crippen molar-refractivity contribution in [3.8, 4) is 0 Å². The van der Waals surface area contributed by atoms with Gasteiger partial charge in [-0.2, -0.15) is 14.7 Å². The van der Waals surface area contributed by atoms with Crippen LogP contribution in [0.25, 0.3) is 32.3 Å². The standard InChI is InChI=1S/C13H14ClN5O4S.C13H16ClN5O2S.C12H12Cl2N2O2S.3H2/c1-6(12(20)21)19-24(22,23)7-2-3-8-9(4-7)11(18-13(15)16)17-5-10(8)14;1-7(2)19-22(20,21)8-3-4-9-10(5-8)12(18-13(15)16)17-6-11(9)14;1-7(2)16-19(17,18)8-3-4-9-10(5-8)12(14)15-6-11(9)13;;;/h2-6,19H,1H3,(H,20,21)(H4,15,16,17,18);3-7,19H,1-2H3,(H4,15,16,17,18);3-7,16H,1-2H3;3*1H/t6-;;;;;/m1...../s1/i;;;3*1+1. The van der Waals surface area contributed by atoms with Crippen LogP contribution >= 0.6 is 46.4 Å². The third kappa shape index (κ3) is 13.7. The van der Waals surface area contributed by atoms with E-state index in [1.165, 1.54) is 68.0 Å². The molecule has 0 unspecified atom stereocenters. The zero-order chi connectivity index (χ0) is 48.8. The van der Waals surface area contributed by atoms with Gasteiger partial charge in [0.1, 0.15) is 11.2 Å². The van der Waals surface area contributed by atoms with Crippen LogP contribution in [0, 0.1) is 0 Å². The van der Waals surface area contributed by atoms with Gasteiger partial charge in [-0.05, 0) is 71.0 Å². The summed E-state index contributed by atoms with van der Waals surface area (Å²) in [6.45, 7) is 8.20. The smallest absolute Gasteiger partial charge is 0.321 e. The zero-order valence-corrected chi connectivity index (χ0v) is 40.2. The minimum absolute atomic E-state index is 0. The molecule has 0 aliphatic carbocycles. The van der Waals surface area contributed by atoms with Gasteiger partial charge < -0.3 is 28.0 Å². The van der Waals surface area contributed by atoms with Gasteiger partial charge >= 0.3 is 5.97 Å². The average molecular weight is 1040 g/mol. The molecule has 354 valence electrons. The lowest BCUT2D eigenvalue weighted by Crippen LogP contribution is -2.38. The van der Waals surface area contributed by atoms with Crippen LogP contribution in [0.2, 0.25) is 20.2 Å². The summed E-state index contributed by atoms with van der Waals surface area (Å²) in [7, 11) is -11.3. The first-order valence-electron chi connectivity index (χ1n) is 18.5. The fourth-order valence-corrected chi connectivity index (χ4v) is 10.2. The van der Waals surface area contributed by atoms with Gasteiger partial charge in [0.05, 0.1) is 29.8 Å². The number of aromatic nitrogens is 3. The minimum atomic E-state index is -4.07. The maximum absolute atomic E-state index is 12.3. The van der Waals surface area contributed by atoms with Crippen molar-refractivity contribution in [2.45, 2.75) is 67.4 Å². The molecule has 0 spiro atoms. The molecule has 27 heteroatoms. The highest BCUT2D eigenvalue weighted by atomic mass is 35.5. The number of nitrogens with one attached hydrogen (secondary N) is 3. The van der Waals surface area contributed by atoms with Crippen LogP contribution in [-0.4, -0.2) is 81.3 Å². The molecule has 12 N–H and O–H groups in total. The van der Waals surface area contributed by atoms with E-state index in [1.807, 2.05) is 4.72 Å². The number of carboxylic acid groups (broad SMARTS) is 1. The molecule has 0 saturated carbocycles. The first-order valence-corrected chi connectivity index (χ1v) is 24.5. The lowest BCUT2D eigenvalue weighted by atomic mass is 10.1. The third-order valence-corrected chi connectivity index (χ3v) is 14.3. The number of aliphatic carboxylic acids is 1. The number of rotatable bonds is 12. The number of hydrogen-bond acceptors (Lipinski definition) is 12. The van der Waals surface area contributed by atoms with Crippen molar-refractivity contribution in [3.05, 3.63) is 93.4 Å². The number of fused-ring (bicyclic) bond motifs is 3. The summed E-state index contributed by atoms with van der Waals surface area (Å²) in [5.41, 5.74) is 21.4. The van der Waals surface area contributed by atoms with Crippen LogP contribution < -0.4 is 37.1 Å². The third-order valence-electron chi connectivity index (χ3n) is 8.23. The van der Waals surface area contributed by atoms with E-state index in [4.69, 9.17) is 74.4 Å². The highest BCUT2D eigenvalue weighted by molar-refractivity contribution is 7.90. The molecule has 3 aromatic carbocycles. The van der Waals surface area contributed by atoms with Crippen LogP contribution in [0.15, 0.2) is 97.9 Å². The molecule has 6 rings (SSSR count). The SMILES string of the molecule is CC(C)NS(=O)(=O)c1ccc2c(Cl)cnc(Cl)c2c1.CC(C)NS(=O)(=O)c1ccc2c(Cl)cnc(N=C(N)N)c2c1.C[C@@H](NS(=O)(=O)c1ccc2c(Cl)cnc(N=C(N)N)c2c1)C(=O)O.[2HH].[2HH].[2HH]. The molecule has 0 fully saturated rings. The van der Waals surface area contributed by atoms with Gasteiger partial charge in [-0.1, -0.05) is 64.6 Å². The van der Waals surface area contributed by atoms with Crippen molar-refractivity contribution in [3.63, 3.8) is 0 Å². The van der Waals surface area contributed by atoms with Gasteiger partial charge in [-0.15, -0.1) is 0 Å². The van der Waals surface area contributed by atoms with E-state index in [0.717, 1.165) is 0 Å².